The minimum atomic E-state index is -0.428. The van der Waals surface area contributed by atoms with Gasteiger partial charge < -0.3 is 0 Å². The van der Waals surface area contributed by atoms with Crippen LogP contribution < -0.4 is 0 Å². The van der Waals surface area contributed by atoms with E-state index in [9.17, 15) is 4.39 Å². The molecular weight excluding hydrogens is 95.1 g/mol. The van der Waals surface area contributed by atoms with Gasteiger partial charge in [-0.05, 0) is 0 Å². The summed E-state index contributed by atoms with van der Waals surface area (Å²) >= 11 is 0. The molecule has 0 aromatic carbocycles. The fraction of sp³-hybridized carbons (Fsp3) is 0.250. The highest BCUT2D eigenvalue weighted by atomic mass is 19.1. The molecule has 0 amide bonds. The molecule has 0 N–H and O–H groups in total. The zero-order chi connectivity index (χ0) is 5.28. The predicted octanol–water partition coefficient (Wildman–Crippen LogP) is 0.559. The second-order valence-corrected chi connectivity index (χ2v) is 1.31. The Labute approximate surface area is 40.6 Å². The van der Waals surface area contributed by atoms with Crippen LogP contribution in [0.15, 0.2) is 12.3 Å². The minimum Gasteiger partial charge on any atom is -0.273 e. The highest BCUT2D eigenvalue weighted by molar-refractivity contribution is 4.80. The van der Waals surface area contributed by atoms with Gasteiger partial charge in [0, 0.05) is 19.3 Å². The molecule has 1 aromatic heterocycles. The van der Waals surface area contributed by atoms with E-state index in [0.29, 0.717) is 0 Å². The summed E-state index contributed by atoms with van der Waals surface area (Å²) in [7, 11) is 1.67. The standard InChI is InChI=1S/C4H5FN2/c1-7-3-2-4(5)6-7/h2-3H,1H3. The van der Waals surface area contributed by atoms with E-state index in [4.69, 9.17) is 0 Å². The average Bonchev–Trinajstić information content (AvgIpc) is 1.87. The van der Waals surface area contributed by atoms with Crippen LogP contribution in [0.2, 0.25) is 0 Å². The number of hydrogen-bond acceptors (Lipinski definition) is 1. The molecule has 0 saturated heterocycles. The van der Waals surface area contributed by atoms with Gasteiger partial charge in [0.1, 0.15) is 0 Å². The molecule has 1 rings (SSSR count). The van der Waals surface area contributed by atoms with E-state index in [1.807, 2.05) is 0 Å². The predicted molar refractivity (Wildman–Crippen MR) is 23.2 cm³/mol. The van der Waals surface area contributed by atoms with E-state index in [1.165, 1.54) is 10.7 Å². The topological polar surface area (TPSA) is 17.8 Å². The average molecular weight is 100 g/mol. The van der Waals surface area contributed by atoms with Crippen LogP contribution in [0, 0.1) is 5.95 Å². The van der Waals surface area contributed by atoms with Gasteiger partial charge in [0.25, 0.3) is 0 Å². The fourth-order valence-electron chi connectivity index (χ4n) is 0.387. The van der Waals surface area contributed by atoms with Crippen molar-refractivity contribution in [2.24, 2.45) is 7.05 Å². The van der Waals surface area contributed by atoms with E-state index in [0.717, 1.165) is 0 Å². The molecule has 1 aromatic rings. The molecule has 2 nitrogen and oxygen atoms in total. The lowest BCUT2D eigenvalue weighted by Gasteiger charge is -1.78. The fourth-order valence-corrected chi connectivity index (χ4v) is 0.387. The first-order valence-electron chi connectivity index (χ1n) is 1.94. The first-order chi connectivity index (χ1) is 3.29. The van der Waals surface area contributed by atoms with Crippen LogP contribution in [0.3, 0.4) is 0 Å². The first kappa shape index (κ1) is 4.30. The van der Waals surface area contributed by atoms with Gasteiger partial charge in [-0.2, -0.15) is 4.39 Å². The van der Waals surface area contributed by atoms with Crippen molar-refractivity contribution in [3.8, 4) is 0 Å². The Balaban J connectivity index is 3.04. The molecule has 1 heterocycles. The molecule has 0 aliphatic rings. The van der Waals surface area contributed by atoms with Crippen LogP contribution in [0.5, 0.6) is 0 Å². The van der Waals surface area contributed by atoms with Crippen molar-refractivity contribution in [3.63, 3.8) is 0 Å². The Morgan fingerprint density at radius 2 is 2.57 bits per heavy atom. The van der Waals surface area contributed by atoms with Gasteiger partial charge in [0.2, 0.25) is 5.95 Å². The Hall–Kier alpha value is -0.860. The largest absolute Gasteiger partial charge is 0.273 e. The van der Waals surface area contributed by atoms with Gasteiger partial charge in [-0.25, -0.2) is 0 Å². The lowest BCUT2D eigenvalue weighted by molar-refractivity contribution is 0.553. The van der Waals surface area contributed by atoms with Gasteiger partial charge in [0.05, 0.1) is 0 Å². The monoisotopic (exact) mass is 100 g/mol. The van der Waals surface area contributed by atoms with Gasteiger partial charge in [0.15, 0.2) is 0 Å². The Morgan fingerprint density at radius 1 is 1.86 bits per heavy atom. The van der Waals surface area contributed by atoms with Gasteiger partial charge >= 0.3 is 0 Å². The normalized spacial score (nSPS) is 9.43. The van der Waals surface area contributed by atoms with Crippen molar-refractivity contribution >= 4 is 0 Å². The third-order valence-electron chi connectivity index (χ3n) is 0.681. The van der Waals surface area contributed by atoms with Crippen molar-refractivity contribution in [2.45, 2.75) is 0 Å². The van der Waals surface area contributed by atoms with Crippen molar-refractivity contribution in [3.05, 3.63) is 18.2 Å². The summed E-state index contributed by atoms with van der Waals surface area (Å²) in [5.41, 5.74) is 0. The van der Waals surface area contributed by atoms with Crippen LogP contribution in [0.4, 0.5) is 4.39 Å². The van der Waals surface area contributed by atoms with Crippen molar-refractivity contribution in [1.29, 1.82) is 0 Å². The second-order valence-electron chi connectivity index (χ2n) is 1.31. The molecular formula is C4H5FN2. The Morgan fingerprint density at radius 3 is 2.71 bits per heavy atom. The van der Waals surface area contributed by atoms with E-state index < -0.39 is 5.95 Å². The third kappa shape index (κ3) is 0.765. The Bertz CT molecular complexity index is 142. The van der Waals surface area contributed by atoms with Crippen LogP contribution in [-0.4, -0.2) is 9.78 Å². The van der Waals surface area contributed by atoms with Crippen LogP contribution in [0.25, 0.3) is 0 Å². The van der Waals surface area contributed by atoms with Crippen LogP contribution >= 0.6 is 0 Å². The number of halogens is 1. The molecule has 7 heavy (non-hydrogen) atoms. The summed E-state index contributed by atoms with van der Waals surface area (Å²) in [5, 5.41) is 3.36. The summed E-state index contributed by atoms with van der Waals surface area (Å²) in [6, 6.07) is 1.31. The smallest absolute Gasteiger partial charge is 0.232 e. The molecule has 0 aliphatic carbocycles. The lowest BCUT2D eigenvalue weighted by atomic mass is 10.7. The maximum Gasteiger partial charge on any atom is 0.232 e. The number of rotatable bonds is 0. The quantitative estimate of drug-likeness (QED) is 0.465. The molecule has 0 unspecified atom stereocenters. The molecule has 0 bridgehead atoms. The van der Waals surface area contributed by atoms with Crippen molar-refractivity contribution in [1.82, 2.24) is 9.78 Å². The zero-order valence-electron chi connectivity index (χ0n) is 3.93. The molecule has 38 valence electrons. The summed E-state index contributed by atoms with van der Waals surface area (Å²) in [6.07, 6.45) is 1.55. The highest BCUT2D eigenvalue weighted by Crippen LogP contribution is 1.86. The summed E-state index contributed by atoms with van der Waals surface area (Å²) in [6.45, 7) is 0. The van der Waals surface area contributed by atoms with Gasteiger partial charge in [-0.15, -0.1) is 5.10 Å². The maximum absolute atomic E-state index is 11.8. The summed E-state index contributed by atoms with van der Waals surface area (Å²) < 4.78 is 13.2. The first-order valence-corrected chi connectivity index (χ1v) is 1.94. The number of hydrogen-bond donors (Lipinski definition) is 0. The molecule has 3 heteroatoms. The Kier molecular flexibility index (Phi) is 0.817. The molecule has 0 radical (unpaired) electrons. The van der Waals surface area contributed by atoms with E-state index >= 15 is 0 Å². The lowest BCUT2D eigenvalue weighted by Crippen LogP contribution is -1.86. The second kappa shape index (κ2) is 1.33. The van der Waals surface area contributed by atoms with E-state index in [-0.39, 0.29) is 0 Å². The van der Waals surface area contributed by atoms with Gasteiger partial charge in [-0.1, -0.05) is 0 Å². The zero-order valence-corrected chi connectivity index (χ0v) is 3.93. The molecule has 0 spiro atoms. The number of aromatic nitrogens is 2. The highest BCUT2D eigenvalue weighted by Gasteiger charge is 1.86. The third-order valence-corrected chi connectivity index (χ3v) is 0.681. The van der Waals surface area contributed by atoms with Gasteiger partial charge in [-0.3, -0.25) is 4.68 Å². The molecule has 0 atom stereocenters. The summed E-state index contributed by atoms with van der Waals surface area (Å²) in [4.78, 5) is 0. The summed E-state index contributed by atoms with van der Waals surface area (Å²) in [5.74, 6) is -0.428. The molecule has 0 fully saturated rings. The molecule has 0 saturated carbocycles. The van der Waals surface area contributed by atoms with Crippen molar-refractivity contribution < 1.29 is 4.39 Å². The van der Waals surface area contributed by atoms with Crippen LogP contribution in [0.1, 0.15) is 0 Å². The molecule has 0 aliphatic heterocycles. The van der Waals surface area contributed by atoms with Crippen LogP contribution in [-0.2, 0) is 7.05 Å². The van der Waals surface area contributed by atoms with E-state index in [1.54, 1.807) is 13.2 Å². The minimum absolute atomic E-state index is 0.428. The maximum atomic E-state index is 11.8. The number of nitrogens with zero attached hydrogens (tertiary/aromatic N) is 2. The number of aryl methyl sites for hydroxylation is 1. The SMILES string of the molecule is Cn1ccc(F)n1. The van der Waals surface area contributed by atoms with Crippen molar-refractivity contribution in [2.75, 3.05) is 0 Å². The van der Waals surface area contributed by atoms with E-state index in [2.05, 4.69) is 5.10 Å².